The first-order valence-corrected chi connectivity index (χ1v) is 6.10. The predicted octanol–water partition coefficient (Wildman–Crippen LogP) is 2.03. The Kier molecular flexibility index (Phi) is 4.59. The lowest BCUT2D eigenvalue weighted by molar-refractivity contribution is 0.0485. The van der Waals surface area contributed by atoms with Crippen LogP contribution in [0, 0.1) is 5.92 Å². The smallest absolute Gasteiger partial charge is 0.407 e. The summed E-state index contributed by atoms with van der Waals surface area (Å²) in [4.78, 5) is 11.6. The molecule has 0 aromatic heterocycles. The first-order valence-electron chi connectivity index (χ1n) is 6.10. The second-order valence-corrected chi connectivity index (χ2v) is 5.61. The van der Waals surface area contributed by atoms with Crippen LogP contribution in [0.3, 0.4) is 0 Å². The minimum absolute atomic E-state index is 0.233. The highest BCUT2D eigenvalue weighted by atomic mass is 16.6. The zero-order valence-electron chi connectivity index (χ0n) is 10.6. The van der Waals surface area contributed by atoms with E-state index >= 15 is 0 Å². The third-order valence-electron chi connectivity index (χ3n) is 2.84. The largest absolute Gasteiger partial charge is 0.444 e. The van der Waals surface area contributed by atoms with Crippen LogP contribution in [0.2, 0.25) is 0 Å². The predicted molar refractivity (Wildman–Crippen MR) is 64.2 cm³/mol. The fourth-order valence-electron chi connectivity index (χ4n) is 2.11. The molecule has 3 N–H and O–H groups in total. The van der Waals surface area contributed by atoms with Crippen molar-refractivity contribution in [2.45, 2.75) is 58.1 Å². The fraction of sp³-hybridized carbons (Fsp3) is 0.917. The molecule has 1 unspecified atom stereocenters. The molecule has 0 aromatic carbocycles. The molecule has 0 bridgehead atoms. The van der Waals surface area contributed by atoms with Gasteiger partial charge in [0.1, 0.15) is 5.60 Å². The number of alkyl carbamates (subject to hydrolysis) is 1. The van der Waals surface area contributed by atoms with Gasteiger partial charge >= 0.3 is 6.09 Å². The molecule has 0 heterocycles. The number of nitrogens with two attached hydrogens (primary N) is 1. The summed E-state index contributed by atoms with van der Waals surface area (Å²) in [5.41, 5.74) is 5.23. The van der Waals surface area contributed by atoms with E-state index in [0.29, 0.717) is 12.5 Å². The summed E-state index contributed by atoms with van der Waals surface area (Å²) in [6.07, 6.45) is 4.03. The molecule has 1 rings (SSSR count). The Hall–Kier alpha value is -0.770. The van der Waals surface area contributed by atoms with Gasteiger partial charge in [0.25, 0.3) is 0 Å². The maximum Gasteiger partial charge on any atom is 0.407 e. The number of amides is 1. The van der Waals surface area contributed by atoms with Crippen molar-refractivity contribution < 1.29 is 9.53 Å². The topological polar surface area (TPSA) is 64.3 Å². The van der Waals surface area contributed by atoms with Crippen molar-refractivity contribution in [3.8, 4) is 0 Å². The third kappa shape index (κ3) is 4.84. The summed E-state index contributed by atoms with van der Waals surface area (Å²) in [7, 11) is 0. The molecule has 0 saturated heterocycles. The summed E-state index contributed by atoms with van der Waals surface area (Å²) in [5.74, 6) is 0.550. The van der Waals surface area contributed by atoms with E-state index in [2.05, 4.69) is 5.32 Å². The van der Waals surface area contributed by atoms with Gasteiger partial charge in [0.05, 0.1) is 0 Å². The van der Waals surface area contributed by atoms with Crippen LogP contribution in [-0.2, 0) is 4.74 Å². The van der Waals surface area contributed by atoms with E-state index in [0.717, 1.165) is 19.3 Å². The molecule has 16 heavy (non-hydrogen) atoms. The van der Waals surface area contributed by atoms with Crippen LogP contribution in [0.4, 0.5) is 4.79 Å². The van der Waals surface area contributed by atoms with Gasteiger partial charge < -0.3 is 15.8 Å². The average molecular weight is 228 g/mol. The highest BCUT2D eigenvalue weighted by molar-refractivity contribution is 5.68. The van der Waals surface area contributed by atoms with Crippen LogP contribution in [-0.4, -0.2) is 24.3 Å². The summed E-state index contributed by atoms with van der Waals surface area (Å²) in [6, 6.07) is 0.233. The lowest BCUT2D eigenvalue weighted by atomic mass is 9.86. The molecule has 4 heteroatoms. The summed E-state index contributed by atoms with van der Waals surface area (Å²) in [5, 5.41) is 2.92. The van der Waals surface area contributed by atoms with Crippen LogP contribution >= 0.6 is 0 Å². The molecule has 1 fully saturated rings. The summed E-state index contributed by atoms with van der Waals surface area (Å²) in [6.45, 7) is 6.33. The van der Waals surface area contributed by atoms with Crippen molar-refractivity contribution >= 4 is 6.09 Å². The van der Waals surface area contributed by atoms with Crippen LogP contribution in [0.5, 0.6) is 0 Å². The lowest BCUT2D eigenvalue weighted by Gasteiger charge is -2.30. The van der Waals surface area contributed by atoms with E-state index in [-0.39, 0.29) is 12.1 Å². The molecule has 1 saturated carbocycles. The Morgan fingerprint density at radius 3 is 2.69 bits per heavy atom. The number of carbonyl (C=O) groups is 1. The molecule has 0 aromatic rings. The standard InChI is InChI=1S/C12H24N2O2/c1-12(2,3)16-11(15)14-10-6-4-5-9(7-10)8-13/h9-10H,4-8,13H2,1-3H3,(H,14,15)/t9?,10-/m1/s1. The van der Waals surface area contributed by atoms with Crippen LogP contribution < -0.4 is 11.1 Å². The summed E-state index contributed by atoms with van der Waals surface area (Å²) < 4.78 is 5.23. The molecule has 1 amide bonds. The number of ether oxygens (including phenoxy) is 1. The number of carbonyl (C=O) groups excluding carboxylic acids is 1. The highest BCUT2D eigenvalue weighted by Crippen LogP contribution is 2.23. The van der Waals surface area contributed by atoms with E-state index in [9.17, 15) is 4.79 Å². The first kappa shape index (κ1) is 13.3. The zero-order chi connectivity index (χ0) is 12.2. The van der Waals surface area contributed by atoms with Crippen molar-refractivity contribution in [1.29, 1.82) is 0 Å². The summed E-state index contributed by atoms with van der Waals surface area (Å²) >= 11 is 0. The molecule has 0 aliphatic heterocycles. The van der Waals surface area contributed by atoms with Gasteiger partial charge in [-0.2, -0.15) is 0 Å². The Balaban J connectivity index is 2.33. The van der Waals surface area contributed by atoms with Crippen molar-refractivity contribution in [2.24, 2.45) is 11.7 Å². The van der Waals surface area contributed by atoms with Crippen LogP contribution in [0.25, 0.3) is 0 Å². The quantitative estimate of drug-likeness (QED) is 0.760. The van der Waals surface area contributed by atoms with E-state index in [4.69, 9.17) is 10.5 Å². The number of hydrogen-bond donors (Lipinski definition) is 2. The highest BCUT2D eigenvalue weighted by Gasteiger charge is 2.24. The van der Waals surface area contributed by atoms with Crippen LogP contribution in [0.1, 0.15) is 46.5 Å². The number of hydrogen-bond acceptors (Lipinski definition) is 3. The molecule has 0 spiro atoms. The average Bonchev–Trinajstić information content (AvgIpc) is 2.15. The van der Waals surface area contributed by atoms with Gasteiger partial charge in [-0.25, -0.2) is 4.79 Å². The second-order valence-electron chi connectivity index (χ2n) is 5.61. The van der Waals surface area contributed by atoms with E-state index in [1.54, 1.807) is 0 Å². The lowest BCUT2D eigenvalue weighted by Crippen LogP contribution is -2.42. The van der Waals surface area contributed by atoms with Crippen molar-refractivity contribution in [1.82, 2.24) is 5.32 Å². The Bertz CT molecular complexity index is 236. The van der Waals surface area contributed by atoms with Crippen LogP contribution in [0.15, 0.2) is 0 Å². The van der Waals surface area contributed by atoms with Gasteiger partial charge in [0.2, 0.25) is 0 Å². The van der Waals surface area contributed by atoms with Crippen molar-refractivity contribution in [2.75, 3.05) is 6.54 Å². The van der Waals surface area contributed by atoms with E-state index < -0.39 is 5.60 Å². The van der Waals surface area contributed by atoms with E-state index in [1.807, 2.05) is 20.8 Å². The first-order chi connectivity index (χ1) is 7.40. The fourth-order valence-corrected chi connectivity index (χ4v) is 2.11. The normalized spacial score (nSPS) is 26.2. The Morgan fingerprint density at radius 2 is 2.12 bits per heavy atom. The molecular weight excluding hydrogens is 204 g/mol. The van der Waals surface area contributed by atoms with Gasteiger partial charge in [0, 0.05) is 6.04 Å². The zero-order valence-corrected chi connectivity index (χ0v) is 10.6. The molecule has 1 aliphatic carbocycles. The molecule has 94 valence electrons. The SMILES string of the molecule is CC(C)(C)OC(=O)N[C@@H]1CCCC(CN)C1. The Morgan fingerprint density at radius 1 is 1.44 bits per heavy atom. The Labute approximate surface area is 97.9 Å². The minimum Gasteiger partial charge on any atom is -0.444 e. The molecular formula is C12H24N2O2. The van der Waals surface area contributed by atoms with Gasteiger partial charge in [-0.1, -0.05) is 6.42 Å². The third-order valence-corrected chi connectivity index (χ3v) is 2.84. The van der Waals surface area contributed by atoms with Gasteiger partial charge in [-0.15, -0.1) is 0 Å². The minimum atomic E-state index is -0.425. The maximum atomic E-state index is 11.6. The van der Waals surface area contributed by atoms with Crippen molar-refractivity contribution in [3.05, 3.63) is 0 Å². The monoisotopic (exact) mass is 228 g/mol. The molecule has 4 nitrogen and oxygen atoms in total. The second kappa shape index (κ2) is 5.53. The van der Waals surface area contributed by atoms with E-state index in [1.165, 1.54) is 6.42 Å². The van der Waals surface area contributed by atoms with Crippen molar-refractivity contribution in [3.63, 3.8) is 0 Å². The maximum absolute atomic E-state index is 11.6. The molecule has 1 aliphatic rings. The number of nitrogens with one attached hydrogen (secondary N) is 1. The number of rotatable bonds is 2. The van der Waals surface area contributed by atoms with Gasteiger partial charge in [-0.05, 0) is 52.5 Å². The molecule has 0 radical (unpaired) electrons. The van der Waals surface area contributed by atoms with Gasteiger partial charge in [-0.3, -0.25) is 0 Å². The van der Waals surface area contributed by atoms with Gasteiger partial charge in [0.15, 0.2) is 0 Å². The molecule has 2 atom stereocenters.